The van der Waals surface area contributed by atoms with E-state index in [-0.39, 0.29) is 6.03 Å². The van der Waals surface area contributed by atoms with E-state index in [9.17, 15) is 9.90 Å². The van der Waals surface area contributed by atoms with E-state index in [4.69, 9.17) is 0 Å². The minimum atomic E-state index is -0.568. The fourth-order valence-electron chi connectivity index (χ4n) is 2.52. The van der Waals surface area contributed by atoms with Crippen LogP contribution in [-0.2, 0) is 6.42 Å². The quantitative estimate of drug-likeness (QED) is 0.759. The Balaban J connectivity index is 1.84. The molecule has 2 amide bonds. The molecule has 0 saturated heterocycles. The van der Waals surface area contributed by atoms with Gasteiger partial charge in [0.1, 0.15) is 0 Å². The molecule has 4 heteroatoms. The smallest absolute Gasteiger partial charge is 0.319 e. The number of hydrogen-bond donors (Lipinski definition) is 3. The molecule has 0 heterocycles. The van der Waals surface area contributed by atoms with Gasteiger partial charge in [0.2, 0.25) is 0 Å². The van der Waals surface area contributed by atoms with Crippen molar-refractivity contribution in [2.24, 2.45) is 0 Å². The summed E-state index contributed by atoms with van der Waals surface area (Å²) in [7, 11) is 0. The van der Waals surface area contributed by atoms with Crippen molar-refractivity contribution < 1.29 is 9.90 Å². The number of para-hydroxylation sites is 1. The van der Waals surface area contributed by atoms with Crippen molar-refractivity contribution in [1.29, 1.82) is 0 Å². The number of aliphatic hydroxyl groups is 1. The highest BCUT2D eigenvalue weighted by Gasteiger charge is 2.10. The van der Waals surface area contributed by atoms with Crippen LogP contribution in [0.25, 0.3) is 0 Å². The molecule has 0 aliphatic rings. The normalized spacial score (nSPS) is 11.8. The van der Waals surface area contributed by atoms with Gasteiger partial charge in [0.25, 0.3) is 0 Å². The lowest BCUT2D eigenvalue weighted by atomic mass is 10.1. The van der Waals surface area contributed by atoms with Crippen LogP contribution in [0.1, 0.15) is 36.1 Å². The van der Waals surface area contributed by atoms with Crippen LogP contribution in [0.15, 0.2) is 48.5 Å². The fourth-order valence-corrected chi connectivity index (χ4v) is 2.52. The van der Waals surface area contributed by atoms with E-state index in [1.807, 2.05) is 55.5 Å². The number of rotatable bonds is 6. The predicted octanol–water partition coefficient (Wildman–Crippen LogP) is 3.80. The summed E-state index contributed by atoms with van der Waals surface area (Å²) in [6.45, 7) is 4.46. The third-order valence-electron chi connectivity index (χ3n) is 3.87. The van der Waals surface area contributed by atoms with Gasteiger partial charge in [-0.2, -0.15) is 0 Å². The maximum absolute atomic E-state index is 12.0. The molecule has 2 aromatic carbocycles. The monoisotopic (exact) mass is 312 g/mol. The Morgan fingerprint density at radius 1 is 1.13 bits per heavy atom. The van der Waals surface area contributed by atoms with Crippen molar-refractivity contribution in [3.63, 3.8) is 0 Å². The molecule has 2 aromatic rings. The number of aryl methyl sites for hydroxylation is 2. The van der Waals surface area contributed by atoms with Crippen LogP contribution in [0.5, 0.6) is 0 Å². The number of amides is 2. The molecule has 0 aliphatic heterocycles. The standard InChI is InChI=1S/C19H24N2O2/c1-3-15-11-7-8-14(2)18(15)21-19(23)20-13-12-17(22)16-9-5-4-6-10-16/h4-11,17,22H,3,12-13H2,1-2H3,(H2,20,21,23). The zero-order valence-electron chi connectivity index (χ0n) is 13.7. The zero-order valence-corrected chi connectivity index (χ0v) is 13.7. The van der Waals surface area contributed by atoms with Gasteiger partial charge in [0, 0.05) is 12.2 Å². The minimum Gasteiger partial charge on any atom is -0.388 e. The molecule has 1 unspecified atom stereocenters. The molecule has 0 aliphatic carbocycles. The molecule has 0 radical (unpaired) electrons. The molecule has 2 rings (SSSR count). The van der Waals surface area contributed by atoms with Gasteiger partial charge in [0.15, 0.2) is 0 Å². The summed E-state index contributed by atoms with van der Waals surface area (Å²) in [6.07, 6.45) is 0.775. The van der Waals surface area contributed by atoms with Gasteiger partial charge in [-0.1, -0.05) is 55.5 Å². The number of anilines is 1. The lowest BCUT2D eigenvalue weighted by molar-refractivity contribution is 0.167. The number of benzene rings is 2. The molecular weight excluding hydrogens is 288 g/mol. The highest BCUT2D eigenvalue weighted by Crippen LogP contribution is 2.21. The number of aliphatic hydroxyl groups excluding tert-OH is 1. The van der Waals surface area contributed by atoms with E-state index in [1.165, 1.54) is 0 Å². The first kappa shape index (κ1) is 17.0. The largest absolute Gasteiger partial charge is 0.388 e. The first-order valence-corrected chi connectivity index (χ1v) is 7.98. The van der Waals surface area contributed by atoms with E-state index >= 15 is 0 Å². The maximum atomic E-state index is 12.0. The third kappa shape index (κ3) is 4.83. The van der Waals surface area contributed by atoms with Gasteiger partial charge < -0.3 is 15.7 Å². The van der Waals surface area contributed by atoms with Gasteiger partial charge in [-0.15, -0.1) is 0 Å². The summed E-state index contributed by atoms with van der Waals surface area (Å²) in [4.78, 5) is 12.0. The number of hydrogen-bond acceptors (Lipinski definition) is 2. The maximum Gasteiger partial charge on any atom is 0.319 e. The Bertz CT molecular complexity index is 641. The Morgan fingerprint density at radius 2 is 1.87 bits per heavy atom. The summed E-state index contributed by atoms with van der Waals surface area (Å²) in [5, 5.41) is 15.8. The summed E-state index contributed by atoms with van der Waals surface area (Å²) < 4.78 is 0. The van der Waals surface area contributed by atoms with Crippen LogP contribution >= 0.6 is 0 Å². The van der Waals surface area contributed by atoms with Gasteiger partial charge in [-0.25, -0.2) is 4.79 Å². The molecule has 23 heavy (non-hydrogen) atoms. The van der Waals surface area contributed by atoms with E-state index in [2.05, 4.69) is 17.6 Å². The van der Waals surface area contributed by atoms with Crippen molar-refractivity contribution in [1.82, 2.24) is 5.32 Å². The van der Waals surface area contributed by atoms with Crippen LogP contribution in [0, 0.1) is 6.92 Å². The summed E-state index contributed by atoms with van der Waals surface area (Å²) in [6, 6.07) is 15.2. The summed E-state index contributed by atoms with van der Waals surface area (Å²) >= 11 is 0. The van der Waals surface area contributed by atoms with Crippen molar-refractivity contribution in [2.75, 3.05) is 11.9 Å². The Hall–Kier alpha value is -2.33. The van der Waals surface area contributed by atoms with E-state index in [0.29, 0.717) is 13.0 Å². The van der Waals surface area contributed by atoms with E-state index in [1.54, 1.807) is 0 Å². The van der Waals surface area contributed by atoms with Crippen molar-refractivity contribution in [2.45, 2.75) is 32.8 Å². The lowest BCUT2D eigenvalue weighted by Crippen LogP contribution is -2.31. The van der Waals surface area contributed by atoms with Crippen LogP contribution in [0.4, 0.5) is 10.5 Å². The summed E-state index contributed by atoms with van der Waals surface area (Å²) in [5.41, 5.74) is 3.89. The number of carbonyl (C=O) groups excluding carboxylic acids is 1. The molecule has 0 fully saturated rings. The molecule has 4 nitrogen and oxygen atoms in total. The molecule has 0 saturated carbocycles. The second kappa shape index (κ2) is 8.34. The number of nitrogens with one attached hydrogen (secondary N) is 2. The second-order valence-electron chi connectivity index (χ2n) is 5.56. The highest BCUT2D eigenvalue weighted by molar-refractivity contribution is 5.91. The predicted molar refractivity (Wildman–Crippen MR) is 93.6 cm³/mol. The minimum absolute atomic E-state index is 0.241. The van der Waals surface area contributed by atoms with Crippen LogP contribution in [0.2, 0.25) is 0 Å². The van der Waals surface area contributed by atoms with Crippen LogP contribution in [0.3, 0.4) is 0 Å². The van der Waals surface area contributed by atoms with Gasteiger partial charge in [-0.3, -0.25) is 0 Å². The van der Waals surface area contributed by atoms with Crippen molar-refractivity contribution in [3.05, 3.63) is 65.2 Å². The van der Waals surface area contributed by atoms with Gasteiger partial charge >= 0.3 is 6.03 Å². The van der Waals surface area contributed by atoms with Crippen LogP contribution < -0.4 is 10.6 Å². The van der Waals surface area contributed by atoms with Crippen LogP contribution in [-0.4, -0.2) is 17.7 Å². The van der Waals surface area contributed by atoms with Crippen molar-refractivity contribution >= 4 is 11.7 Å². The average molecular weight is 312 g/mol. The van der Waals surface area contributed by atoms with Crippen molar-refractivity contribution in [3.8, 4) is 0 Å². The number of urea groups is 1. The first-order chi connectivity index (χ1) is 11.1. The highest BCUT2D eigenvalue weighted by atomic mass is 16.3. The van der Waals surface area contributed by atoms with Gasteiger partial charge in [0.05, 0.1) is 6.10 Å². The lowest BCUT2D eigenvalue weighted by Gasteiger charge is -2.15. The van der Waals surface area contributed by atoms with E-state index < -0.39 is 6.10 Å². The molecule has 1 atom stereocenters. The average Bonchev–Trinajstić information content (AvgIpc) is 2.57. The summed E-state index contributed by atoms with van der Waals surface area (Å²) in [5.74, 6) is 0. The molecule has 0 spiro atoms. The molecular formula is C19H24N2O2. The molecule has 122 valence electrons. The molecule has 0 aromatic heterocycles. The zero-order chi connectivity index (χ0) is 16.7. The molecule has 3 N–H and O–H groups in total. The third-order valence-corrected chi connectivity index (χ3v) is 3.87. The topological polar surface area (TPSA) is 61.4 Å². The fraction of sp³-hybridized carbons (Fsp3) is 0.316. The second-order valence-corrected chi connectivity index (χ2v) is 5.56. The SMILES string of the molecule is CCc1cccc(C)c1NC(=O)NCCC(O)c1ccccc1. The number of carbonyl (C=O) groups is 1. The van der Waals surface area contributed by atoms with Gasteiger partial charge in [-0.05, 0) is 36.5 Å². The van der Waals surface area contributed by atoms with E-state index in [0.717, 1.165) is 28.8 Å². The first-order valence-electron chi connectivity index (χ1n) is 7.98. The Labute approximate surface area is 137 Å². The Kier molecular flexibility index (Phi) is 6.18. The Morgan fingerprint density at radius 3 is 2.57 bits per heavy atom. The molecule has 0 bridgehead atoms.